The first-order valence-corrected chi connectivity index (χ1v) is 17.4. The molecule has 4 unspecified atom stereocenters. The number of urea groups is 1. The molecule has 7 amide bonds. The zero-order chi connectivity index (χ0) is 33.3. The summed E-state index contributed by atoms with van der Waals surface area (Å²) in [6.45, 7) is -0.470. The van der Waals surface area contributed by atoms with Gasteiger partial charge in [0.15, 0.2) is 0 Å². The average molecular weight is 769 g/mol. The van der Waals surface area contributed by atoms with Crippen molar-refractivity contribution in [3.05, 3.63) is 69.6 Å². The van der Waals surface area contributed by atoms with Crippen molar-refractivity contribution in [3.8, 4) is 0 Å². The largest absolute Gasteiger partial charge is 0.325 e. The minimum Gasteiger partial charge on any atom is -0.325 e. The number of hydrogen-bond donors (Lipinski definition) is 3. The molecule has 7 rings (SSSR count). The Balaban J connectivity index is 0.000000164. The van der Waals surface area contributed by atoms with Crippen LogP contribution in [0.3, 0.4) is 0 Å². The molecule has 3 N–H and O–H groups in total. The van der Waals surface area contributed by atoms with Gasteiger partial charge in [-0.1, -0.05) is 69.7 Å². The number of likely N-dealkylation sites (tertiary alicyclic amines) is 1. The number of anilines is 2. The smallest absolute Gasteiger partial charge is 0.325 e. The summed E-state index contributed by atoms with van der Waals surface area (Å²) in [5.41, 5.74) is 0.463. The number of amides is 7. The highest BCUT2D eigenvalue weighted by Crippen LogP contribution is 2.52. The quantitative estimate of drug-likeness (QED) is 0.209. The number of carbonyl (C=O) groups excluding carboxylic acids is 6. The van der Waals surface area contributed by atoms with Crippen LogP contribution < -0.4 is 16.0 Å². The molecule has 47 heavy (non-hydrogen) atoms. The van der Waals surface area contributed by atoms with Crippen molar-refractivity contribution in [2.75, 3.05) is 23.7 Å². The van der Waals surface area contributed by atoms with Crippen LogP contribution in [0.25, 0.3) is 0 Å². The van der Waals surface area contributed by atoms with Gasteiger partial charge in [-0.2, -0.15) is 0 Å². The van der Waals surface area contributed by atoms with Gasteiger partial charge in [0.1, 0.15) is 18.6 Å². The Morgan fingerprint density at radius 3 is 1.62 bits per heavy atom. The molecule has 0 aromatic heterocycles. The molecule has 4 atom stereocenters. The van der Waals surface area contributed by atoms with Crippen molar-refractivity contribution < 1.29 is 28.8 Å². The highest BCUT2D eigenvalue weighted by molar-refractivity contribution is 9.10. The molecule has 2 heterocycles. The van der Waals surface area contributed by atoms with Gasteiger partial charge in [-0.15, -0.1) is 0 Å². The van der Waals surface area contributed by atoms with Gasteiger partial charge < -0.3 is 16.0 Å². The van der Waals surface area contributed by atoms with Crippen LogP contribution in [-0.2, 0) is 24.0 Å². The first-order valence-electron chi connectivity index (χ1n) is 15.8. The van der Waals surface area contributed by atoms with Crippen LogP contribution in [0.2, 0.25) is 0 Å². The summed E-state index contributed by atoms with van der Waals surface area (Å²) in [6, 6.07) is 13.8. The van der Waals surface area contributed by atoms with Crippen LogP contribution in [0.4, 0.5) is 16.2 Å². The topological polar surface area (TPSA) is 145 Å². The van der Waals surface area contributed by atoms with Crippen molar-refractivity contribution >= 4 is 78.8 Å². The summed E-state index contributed by atoms with van der Waals surface area (Å²) in [5, 5.41) is 8.26. The highest BCUT2D eigenvalue weighted by atomic mass is 79.9. The lowest BCUT2D eigenvalue weighted by Gasteiger charge is -2.24. The summed E-state index contributed by atoms with van der Waals surface area (Å²) >= 11 is 6.65. The summed E-state index contributed by atoms with van der Waals surface area (Å²) in [7, 11) is 0. The second-order valence-electron chi connectivity index (χ2n) is 12.7. The third kappa shape index (κ3) is 6.92. The van der Waals surface area contributed by atoms with Crippen LogP contribution in [0, 0.1) is 23.7 Å². The van der Waals surface area contributed by atoms with Crippen molar-refractivity contribution in [1.82, 2.24) is 15.1 Å². The second kappa shape index (κ2) is 13.7. The van der Waals surface area contributed by atoms with E-state index in [0.29, 0.717) is 24.2 Å². The Kier molecular flexibility index (Phi) is 9.65. The molecule has 246 valence electrons. The second-order valence-corrected chi connectivity index (χ2v) is 14.5. The average Bonchev–Trinajstić information content (AvgIpc) is 3.73. The Bertz CT molecular complexity index is 1590. The van der Waals surface area contributed by atoms with Gasteiger partial charge in [-0.25, -0.2) is 4.79 Å². The molecule has 4 fully saturated rings. The van der Waals surface area contributed by atoms with Gasteiger partial charge in [0.05, 0.1) is 11.8 Å². The van der Waals surface area contributed by atoms with Crippen molar-refractivity contribution in [2.45, 2.75) is 50.5 Å². The molecule has 2 aliphatic heterocycles. The predicted octanol–water partition coefficient (Wildman–Crippen LogP) is 5.23. The zero-order valence-electron chi connectivity index (χ0n) is 25.5. The van der Waals surface area contributed by atoms with Crippen molar-refractivity contribution in [2.24, 2.45) is 23.7 Å². The molecule has 2 bridgehead atoms. The number of benzene rings is 2. The number of fused-ring (bicyclic) bond motifs is 5. The number of carbonyl (C=O) groups is 6. The number of hydrogen-bond acceptors (Lipinski definition) is 6. The van der Waals surface area contributed by atoms with E-state index in [1.54, 1.807) is 24.3 Å². The van der Waals surface area contributed by atoms with E-state index in [2.05, 4.69) is 47.8 Å². The van der Waals surface area contributed by atoms with Gasteiger partial charge in [0.25, 0.3) is 5.91 Å². The summed E-state index contributed by atoms with van der Waals surface area (Å²) in [4.78, 5) is 76.5. The van der Waals surface area contributed by atoms with Crippen LogP contribution >= 0.6 is 31.9 Å². The van der Waals surface area contributed by atoms with E-state index in [0.717, 1.165) is 50.8 Å². The van der Waals surface area contributed by atoms with Gasteiger partial charge in [0, 0.05) is 20.3 Å². The molecule has 5 aliphatic rings. The Hall–Kier alpha value is -3.84. The zero-order valence-corrected chi connectivity index (χ0v) is 28.7. The normalized spacial score (nSPS) is 25.3. The lowest BCUT2D eigenvalue weighted by molar-refractivity contribution is -0.143. The molecule has 11 nitrogen and oxygen atoms in total. The molecule has 0 radical (unpaired) electrons. The van der Waals surface area contributed by atoms with Gasteiger partial charge in [-0.3, -0.25) is 33.8 Å². The predicted molar refractivity (Wildman–Crippen MR) is 181 cm³/mol. The SMILES string of the molecule is O=C(CN1C(=O)C2C3C=CC(C3)C2C1=O)Nc1ccc(Br)cc1.O=C(CN1C(=O)NC2(CCCCCC2)C1=O)Nc1ccc(Br)cc1. The first kappa shape index (κ1) is 33.1. The van der Waals surface area contributed by atoms with E-state index in [4.69, 9.17) is 0 Å². The number of imide groups is 2. The fourth-order valence-corrected chi connectivity index (χ4v) is 7.89. The summed E-state index contributed by atoms with van der Waals surface area (Å²) in [6.07, 6.45) is 10.3. The van der Waals surface area contributed by atoms with Crippen LogP contribution in [0.15, 0.2) is 69.6 Å². The van der Waals surface area contributed by atoms with Gasteiger partial charge in [-0.05, 0) is 79.6 Å². The van der Waals surface area contributed by atoms with E-state index in [9.17, 15) is 28.8 Å². The summed E-state index contributed by atoms with van der Waals surface area (Å²) < 4.78 is 1.82. The first-order chi connectivity index (χ1) is 22.5. The summed E-state index contributed by atoms with van der Waals surface area (Å²) in [5.74, 6) is -1.55. The molecule has 2 saturated carbocycles. The number of rotatable bonds is 6. The monoisotopic (exact) mass is 767 g/mol. The minimum absolute atomic E-state index is 0.168. The molecule has 13 heteroatoms. The number of halogens is 2. The van der Waals surface area contributed by atoms with Crippen LogP contribution in [0.1, 0.15) is 44.9 Å². The maximum Gasteiger partial charge on any atom is 0.325 e. The molecule has 2 saturated heterocycles. The van der Waals surface area contributed by atoms with E-state index < -0.39 is 11.6 Å². The molecular weight excluding hydrogens is 734 g/mol. The maximum atomic E-state index is 12.7. The number of nitrogens with one attached hydrogen (secondary N) is 3. The molecule has 3 aliphatic carbocycles. The molecule has 1 spiro atoms. The Morgan fingerprint density at radius 2 is 1.15 bits per heavy atom. The van der Waals surface area contributed by atoms with Crippen LogP contribution in [0.5, 0.6) is 0 Å². The van der Waals surface area contributed by atoms with E-state index >= 15 is 0 Å². The lowest BCUT2D eigenvalue weighted by atomic mass is 9.85. The highest BCUT2D eigenvalue weighted by Gasteiger charge is 2.59. The van der Waals surface area contributed by atoms with E-state index in [-0.39, 0.29) is 66.3 Å². The lowest BCUT2D eigenvalue weighted by Crippen LogP contribution is -2.47. The third-order valence-corrected chi connectivity index (χ3v) is 10.7. The van der Waals surface area contributed by atoms with Crippen molar-refractivity contribution in [3.63, 3.8) is 0 Å². The molecule has 2 aromatic rings. The van der Waals surface area contributed by atoms with E-state index in [1.165, 1.54) is 0 Å². The number of nitrogens with zero attached hydrogens (tertiary/aromatic N) is 2. The maximum absolute atomic E-state index is 12.7. The standard InChI is InChI=1S/C17H20BrN3O3.C17H15BrN2O3/c18-12-5-7-13(8-6-12)19-14(22)11-21-15(23)17(20-16(21)24)9-3-1-2-4-10-17;18-11-3-5-12(6-4-11)19-13(21)8-20-16(22)14-9-1-2-10(7-9)15(14)17(20)23/h5-8H,1-4,9-11H2,(H,19,22)(H,20,24);1-6,9-10,14-15H,7-8H2,(H,19,21). The Labute approximate surface area is 289 Å². The van der Waals surface area contributed by atoms with Crippen LogP contribution in [-0.4, -0.2) is 64.0 Å². The van der Waals surface area contributed by atoms with Gasteiger partial charge in [0.2, 0.25) is 23.6 Å². The minimum atomic E-state index is -0.800. The molecular formula is C34H35Br2N5O6. The van der Waals surface area contributed by atoms with E-state index in [1.807, 2.05) is 36.4 Å². The fraction of sp³-hybridized carbons (Fsp3) is 0.412. The Morgan fingerprint density at radius 1 is 0.702 bits per heavy atom. The van der Waals surface area contributed by atoms with Gasteiger partial charge >= 0.3 is 6.03 Å². The molecule has 2 aromatic carbocycles. The fourth-order valence-electron chi connectivity index (χ4n) is 7.37. The third-order valence-electron chi connectivity index (χ3n) is 9.62. The van der Waals surface area contributed by atoms with Crippen molar-refractivity contribution in [1.29, 1.82) is 0 Å². The number of allylic oxidation sites excluding steroid dienone is 2.